The van der Waals surface area contributed by atoms with E-state index in [-0.39, 0.29) is 22.5 Å². The molecule has 10 heteroatoms. The fourth-order valence-electron chi connectivity index (χ4n) is 6.23. The third-order valence-corrected chi connectivity index (χ3v) is 8.60. The highest BCUT2D eigenvalue weighted by Gasteiger charge is 2.38. The molecule has 7 nitrogen and oxygen atoms in total. The molecule has 0 spiro atoms. The summed E-state index contributed by atoms with van der Waals surface area (Å²) >= 11 is 0. The minimum Gasteiger partial charge on any atom is -0.382 e. The number of anilines is 1. The molecule has 1 aliphatic heterocycles. The molecule has 0 atom stereocenters. The molecule has 5 aromatic rings. The number of rotatable bonds is 4. The van der Waals surface area contributed by atoms with Gasteiger partial charge in [0, 0.05) is 67.0 Å². The molecule has 2 aliphatic rings. The Labute approximate surface area is 235 Å². The van der Waals surface area contributed by atoms with Gasteiger partial charge in [0.2, 0.25) is 0 Å². The summed E-state index contributed by atoms with van der Waals surface area (Å²) in [4.78, 5) is 18.9. The molecule has 0 amide bonds. The van der Waals surface area contributed by atoms with Crippen LogP contribution < -0.4 is 5.73 Å². The van der Waals surface area contributed by atoms with Crippen LogP contribution in [0.5, 0.6) is 0 Å². The van der Waals surface area contributed by atoms with Gasteiger partial charge in [-0.3, -0.25) is 9.30 Å². The molecule has 3 aromatic heterocycles. The molecule has 41 heavy (non-hydrogen) atoms. The second-order valence-electron chi connectivity index (χ2n) is 11.2. The first-order chi connectivity index (χ1) is 19.8. The van der Waals surface area contributed by atoms with Crippen molar-refractivity contribution < 1.29 is 13.2 Å². The van der Waals surface area contributed by atoms with Crippen LogP contribution in [0.3, 0.4) is 0 Å². The topological polar surface area (TPSA) is 75.6 Å². The number of hydrogen-bond acceptors (Lipinski definition) is 6. The Kier molecular flexibility index (Phi) is 6.20. The number of piperazine rings is 1. The molecule has 0 radical (unpaired) electrons. The van der Waals surface area contributed by atoms with Crippen LogP contribution in [-0.2, 0) is 6.18 Å². The van der Waals surface area contributed by atoms with Gasteiger partial charge in [-0.2, -0.15) is 13.2 Å². The quantitative estimate of drug-likeness (QED) is 0.305. The number of alkyl halides is 3. The third-order valence-electron chi connectivity index (χ3n) is 8.60. The normalized spacial score (nSPS) is 20.5. The lowest BCUT2D eigenvalue weighted by molar-refractivity contribution is -0.136. The number of hydrogen-bond donors (Lipinski definition) is 1. The lowest BCUT2D eigenvalue weighted by atomic mass is 9.78. The average Bonchev–Trinajstić information content (AvgIpc) is 3.33. The summed E-state index contributed by atoms with van der Waals surface area (Å²) < 4.78 is 44.4. The first kappa shape index (κ1) is 25.9. The Morgan fingerprint density at radius 3 is 2.39 bits per heavy atom. The molecular formula is C31H30F3N7. The summed E-state index contributed by atoms with van der Waals surface area (Å²) in [6, 6.07) is 15.4. The molecule has 1 aliphatic carbocycles. The largest absolute Gasteiger partial charge is 0.417 e. The monoisotopic (exact) mass is 557 g/mol. The zero-order chi connectivity index (χ0) is 28.3. The summed E-state index contributed by atoms with van der Waals surface area (Å²) in [5, 5.41) is 0.0461. The van der Waals surface area contributed by atoms with Crippen LogP contribution >= 0.6 is 0 Å². The Morgan fingerprint density at radius 2 is 1.66 bits per heavy atom. The molecule has 210 valence electrons. The lowest BCUT2D eigenvalue weighted by Gasteiger charge is -2.45. The molecular weight excluding hydrogens is 527 g/mol. The summed E-state index contributed by atoms with van der Waals surface area (Å²) in [6.07, 6.45) is 1.03. The zero-order valence-electron chi connectivity index (χ0n) is 22.6. The standard InChI is InChI=1S/C31H30F3N7/c1-39-11-13-40(14-12-39)22-15-21(16-22)30-38-27(28-29(35)36-9-10-41(28)30)20-7-8-23-24(31(32,33)34)18-25(37-26(23)17-20)19-5-3-2-4-6-19/h2-10,17-18,21-22H,11-16H2,1H3,(H2,35,36)/t21-,22+. The van der Waals surface area contributed by atoms with E-state index in [9.17, 15) is 13.2 Å². The van der Waals surface area contributed by atoms with Gasteiger partial charge in [0.25, 0.3) is 0 Å². The van der Waals surface area contributed by atoms with E-state index in [1.807, 2.05) is 16.7 Å². The lowest BCUT2D eigenvalue weighted by Crippen LogP contribution is -2.52. The molecule has 4 heterocycles. The predicted molar refractivity (Wildman–Crippen MR) is 153 cm³/mol. The maximum absolute atomic E-state index is 14.1. The van der Waals surface area contributed by atoms with Crippen molar-refractivity contribution in [3.8, 4) is 22.5 Å². The number of nitrogens with zero attached hydrogens (tertiary/aromatic N) is 6. The Bertz CT molecular complexity index is 1730. The number of benzene rings is 2. The third kappa shape index (κ3) is 4.61. The smallest absolute Gasteiger partial charge is 0.382 e. The predicted octanol–water partition coefficient (Wildman–Crippen LogP) is 5.71. The average molecular weight is 558 g/mol. The molecule has 0 unspecified atom stereocenters. The van der Waals surface area contributed by atoms with Gasteiger partial charge in [0.1, 0.15) is 22.9 Å². The highest BCUT2D eigenvalue weighted by atomic mass is 19.4. The van der Waals surface area contributed by atoms with E-state index in [2.05, 4.69) is 26.8 Å². The maximum Gasteiger partial charge on any atom is 0.417 e. The number of nitrogen functional groups attached to an aromatic ring is 1. The van der Waals surface area contributed by atoms with Crippen molar-refractivity contribution in [3.05, 3.63) is 78.4 Å². The Morgan fingerprint density at radius 1 is 0.902 bits per heavy atom. The molecule has 1 saturated heterocycles. The number of halogens is 3. The van der Waals surface area contributed by atoms with Crippen LogP contribution in [0.15, 0.2) is 67.0 Å². The minimum absolute atomic E-state index is 0.0461. The van der Waals surface area contributed by atoms with Crippen molar-refractivity contribution in [2.45, 2.75) is 31.0 Å². The van der Waals surface area contributed by atoms with Crippen molar-refractivity contribution in [1.82, 2.24) is 29.2 Å². The number of pyridine rings is 1. The SMILES string of the molecule is CN1CCN([C@H]2C[C@@H](c3nc(-c4ccc5c(C(F)(F)F)cc(-c6ccccc6)nc5c4)c4c(N)nccn43)C2)CC1. The van der Waals surface area contributed by atoms with Crippen molar-refractivity contribution in [1.29, 1.82) is 0 Å². The summed E-state index contributed by atoms with van der Waals surface area (Å²) in [6.45, 7) is 4.32. The fourth-order valence-corrected chi connectivity index (χ4v) is 6.23. The van der Waals surface area contributed by atoms with Gasteiger partial charge in [-0.05, 0) is 32.0 Å². The summed E-state index contributed by atoms with van der Waals surface area (Å²) in [5.74, 6) is 1.51. The van der Waals surface area contributed by atoms with E-state index in [1.54, 1.807) is 42.6 Å². The Hall–Kier alpha value is -4.02. The van der Waals surface area contributed by atoms with Gasteiger partial charge in [0.05, 0.1) is 16.8 Å². The van der Waals surface area contributed by atoms with Crippen LogP contribution in [0, 0.1) is 0 Å². The van der Waals surface area contributed by atoms with Gasteiger partial charge in [-0.25, -0.2) is 15.0 Å². The highest BCUT2D eigenvalue weighted by molar-refractivity contribution is 5.93. The van der Waals surface area contributed by atoms with Crippen molar-refractivity contribution >= 4 is 22.2 Å². The first-order valence-corrected chi connectivity index (χ1v) is 13.9. The molecule has 2 fully saturated rings. The van der Waals surface area contributed by atoms with Gasteiger partial charge in [-0.1, -0.05) is 42.5 Å². The van der Waals surface area contributed by atoms with Crippen LogP contribution in [0.2, 0.25) is 0 Å². The van der Waals surface area contributed by atoms with Gasteiger partial charge in [-0.15, -0.1) is 0 Å². The van der Waals surface area contributed by atoms with Crippen molar-refractivity contribution in [3.63, 3.8) is 0 Å². The zero-order valence-corrected chi connectivity index (χ0v) is 22.6. The second-order valence-corrected chi connectivity index (χ2v) is 11.2. The highest BCUT2D eigenvalue weighted by Crippen LogP contribution is 2.43. The first-order valence-electron chi connectivity index (χ1n) is 13.9. The van der Waals surface area contributed by atoms with Crippen LogP contribution in [0.4, 0.5) is 19.0 Å². The molecule has 7 rings (SSSR count). The van der Waals surface area contributed by atoms with Gasteiger partial charge >= 0.3 is 6.18 Å². The van der Waals surface area contributed by atoms with E-state index in [0.717, 1.165) is 50.9 Å². The summed E-state index contributed by atoms with van der Waals surface area (Å²) in [5.41, 5.74) is 8.72. The minimum atomic E-state index is -4.53. The molecule has 1 saturated carbocycles. The Balaban J connectivity index is 1.30. The van der Waals surface area contributed by atoms with E-state index in [0.29, 0.717) is 34.2 Å². The summed E-state index contributed by atoms with van der Waals surface area (Å²) in [7, 11) is 2.16. The van der Waals surface area contributed by atoms with Crippen molar-refractivity contribution in [2.24, 2.45) is 0 Å². The van der Waals surface area contributed by atoms with Gasteiger partial charge < -0.3 is 10.6 Å². The van der Waals surface area contributed by atoms with Crippen molar-refractivity contribution in [2.75, 3.05) is 39.0 Å². The number of imidazole rings is 1. The van der Waals surface area contributed by atoms with Crippen LogP contribution in [0.1, 0.15) is 30.1 Å². The van der Waals surface area contributed by atoms with E-state index < -0.39 is 11.7 Å². The number of fused-ring (bicyclic) bond motifs is 2. The number of nitrogens with two attached hydrogens (primary N) is 1. The molecule has 0 bridgehead atoms. The molecule has 2 N–H and O–H groups in total. The van der Waals surface area contributed by atoms with Crippen LogP contribution in [-0.4, -0.2) is 68.4 Å². The maximum atomic E-state index is 14.1. The second kappa shape index (κ2) is 9.81. The van der Waals surface area contributed by atoms with Gasteiger partial charge in [0.15, 0.2) is 0 Å². The number of likely N-dealkylation sites (N-methyl/N-ethyl adjacent to an activating group) is 1. The van der Waals surface area contributed by atoms with E-state index >= 15 is 0 Å². The van der Waals surface area contributed by atoms with E-state index in [4.69, 9.17) is 10.7 Å². The van der Waals surface area contributed by atoms with Crippen LogP contribution in [0.25, 0.3) is 38.9 Å². The fraction of sp³-hybridized carbons (Fsp3) is 0.323. The van der Waals surface area contributed by atoms with E-state index in [1.165, 1.54) is 6.07 Å². The number of aromatic nitrogens is 4. The molecule has 2 aromatic carbocycles.